The first-order valence-corrected chi connectivity index (χ1v) is 5.16. The van der Waals surface area contributed by atoms with Gasteiger partial charge in [-0.15, -0.1) is 0 Å². The number of fused-ring (bicyclic) bond motifs is 1. The monoisotopic (exact) mass is 226 g/mol. The summed E-state index contributed by atoms with van der Waals surface area (Å²) in [4.78, 5) is 0. The molecule has 0 saturated heterocycles. The van der Waals surface area contributed by atoms with Crippen LogP contribution in [-0.4, -0.2) is 0 Å². The average molecular weight is 228 g/mol. The third-order valence-electron chi connectivity index (χ3n) is 1.88. The predicted octanol–water partition coefficient (Wildman–Crippen LogP) is -0.984. The van der Waals surface area contributed by atoms with Gasteiger partial charge in [0.1, 0.15) is 0 Å². The van der Waals surface area contributed by atoms with Crippen molar-refractivity contribution in [3.8, 4) is 0 Å². The molecule has 0 bridgehead atoms. The molecule has 56 valence electrons. The van der Waals surface area contributed by atoms with Crippen LogP contribution >= 0.6 is 0 Å². The first-order chi connectivity index (χ1) is 5.38. The number of hydrogen-bond donors (Lipinski definition) is 0. The van der Waals surface area contributed by atoms with Gasteiger partial charge in [-0.25, -0.2) is 0 Å². The standard InChI is InChI=1S/C10H7.ClH.Zn/c1-2-6-10-8-4-3-7-9(10)5-1;;/h1-7H;1H;/q;;+1/p-1. The molecule has 0 radical (unpaired) electrons. The quantitative estimate of drug-likeness (QED) is 0.508. The molecule has 2 aromatic rings. The zero-order valence-corrected chi connectivity index (χ0v) is 10.3. The minimum atomic E-state index is 0. The summed E-state index contributed by atoms with van der Waals surface area (Å²) in [6.45, 7) is 0. The fourth-order valence-corrected chi connectivity index (χ4v) is 2.25. The van der Waals surface area contributed by atoms with Gasteiger partial charge in [0, 0.05) is 0 Å². The molecule has 0 saturated carbocycles. The zero-order valence-electron chi connectivity index (χ0n) is 6.63. The molecule has 0 amide bonds. The second-order valence-electron chi connectivity index (χ2n) is 2.64. The molecular formula is C10H7ClZn. The minimum absolute atomic E-state index is 0. The van der Waals surface area contributed by atoms with Crippen LogP contribution in [0, 0.1) is 0 Å². The van der Waals surface area contributed by atoms with Crippen LogP contribution < -0.4 is 16.6 Å². The average Bonchev–Trinajstić information content (AvgIpc) is 2.06. The van der Waals surface area contributed by atoms with E-state index in [1.54, 1.807) is 0 Å². The van der Waals surface area contributed by atoms with Crippen molar-refractivity contribution in [1.82, 2.24) is 0 Å². The van der Waals surface area contributed by atoms with Crippen molar-refractivity contribution in [1.29, 1.82) is 0 Å². The number of hydrogen-bond acceptors (Lipinski definition) is 0. The summed E-state index contributed by atoms with van der Waals surface area (Å²) < 4.78 is 1.48. The van der Waals surface area contributed by atoms with E-state index in [0.717, 1.165) is 0 Å². The summed E-state index contributed by atoms with van der Waals surface area (Å²) in [5, 5.41) is 2.77. The van der Waals surface area contributed by atoms with Gasteiger partial charge in [-0.05, 0) is 0 Å². The zero-order chi connectivity index (χ0) is 7.68. The fourth-order valence-electron chi connectivity index (χ4n) is 1.29. The van der Waals surface area contributed by atoms with Gasteiger partial charge in [-0.2, -0.15) is 0 Å². The number of benzene rings is 2. The Bertz CT molecular complexity index is 379. The summed E-state index contributed by atoms with van der Waals surface area (Å²) >= 11 is 1.24. The molecule has 2 heteroatoms. The summed E-state index contributed by atoms with van der Waals surface area (Å²) in [6, 6.07) is 15.0. The van der Waals surface area contributed by atoms with E-state index in [4.69, 9.17) is 0 Å². The molecule has 0 unspecified atom stereocenters. The van der Waals surface area contributed by atoms with Crippen LogP contribution in [0.5, 0.6) is 0 Å². The molecule has 0 aliphatic carbocycles. The summed E-state index contributed by atoms with van der Waals surface area (Å²) in [6.07, 6.45) is 0. The second kappa shape index (κ2) is 4.02. The Balaban J connectivity index is 0.000000720. The molecule has 12 heavy (non-hydrogen) atoms. The Labute approximate surface area is 88.1 Å². The van der Waals surface area contributed by atoms with Crippen LogP contribution in [0.2, 0.25) is 0 Å². The molecule has 0 aromatic heterocycles. The predicted molar refractivity (Wildman–Crippen MR) is 43.6 cm³/mol. The van der Waals surface area contributed by atoms with Crippen molar-refractivity contribution in [2.45, 2.75) is 0 Å². The van der Waals surface area contributed by atoms with Crippen molar-refractivity contribution in [2.24, 2.45) is 0 Å². The first-order valence-electron chi connectivity index (χ1n) is 3.67. The Kier molecular flexibility index (Phi) is 3.25. The van der Waals surface area contributed by atoms with Gasteiger partial charge >= 0.3 is 75.7 Å². The van der Waals surface area contributed by atoms with E-state index in [-0.39, 0.29) is 12.4 Å². The number of rotatable bonds is 0. The van der Waals surface area contributed by atoms with Gasteiger partial charge in [-0.1, -0.05) is 0 Å². The summed E-state index contributed by atoms with van der Waals surface area (Å²) in [5.41, 5.74) is 0. The Hall–Kier alpha value is -0.387. The first kappa shape index (κ1) is 9.70. The summed E-state index contributed by atoms with van der Waals surface area (Å²) in [7, 11) is 0. The van der Waals surface area contributed by atoms with E-state index in [0.29, 0.717) is 0 Å². The van der Waals surface area contributed by atoms with Crippen molar-refractivity contribution in [3.63, 3.8) is 0 Å². The third-order valence-corrected chi connectivity index (χ3v) is 3.17. The van der Waals surface area contributed by atoms with Gasteiger partial charge in [0.05, 0.1) is 0 Å². The van der Waals surface area contributed by atoms with Crippen LogP contribution in [0.25, 0.3) is 10.8 Å². The maximum atomic E-state index is 2.20. The van der Waals surface area contributed by atoms with E-state index in [1.807, 2.05) is 0 Å². The molecule has 0 atom stereocenters. The van der Waals surface area contributed by atoms with Gasteiger partial charge in [0.15, 0.2) is 0 Å². The van der Waals surface area contributed by atoms with E-state index < -0.39 is 0 Å². The molecule has 2 rings (SSSR count). The fraction of sp³-hybridized carbons (Fsp3) is 0. The van der Waals surface area contributed by atoms with Crippen LogP contribution in [0.1, 0.15) is 0 Å². The van der Waals surface area contributed by atoms with Crippen LogP contribution in [-0.2, 0) is 18.3 Å². The molecular weight excluding hydrogens is 221 g/mol. The van der Waals surface area contributed by atoms with Crippen molar-refractivity contribution >= 4 is 14.9 Å². The number of halogens is 1. The molecule has 0 spiro atoms. The molecule has 0 aliphatic heterocycles. The molecule has 0 fully saturated rings. The SMILES string of the molecule is [Cl-].[Zn+][c]1cccc2ccccc12. The molecule has 0 nitrogen and oxygen atoms in total. The topological polar surface area (TPSA) is 0 Å². The Morgan fingerprint density at radius 3 is 2.25 bits per heavy atom. The van der Waals surface area contributed by atoms with Gasteiger partial charge in [0.2, 0.25) is 0 Å². The van der Waals surface area contributed by atoms with Crippen LogP contribution in [0.15, 0.2) is 42.5 Å². The molecule has 0 aliphatic rings. The molecule has 2 aromatic carbocycles. The van der Waals surface area contributed by atoms with E-state index in [1.165, 1.54) is 33.2 Å². The second-order valence-corrected chi connectivity index (χ2v) is 4.24. The third kappa shape index (κ3) is 1.68. The molecule has 0 heterocycles. The van der Waals surface area contributed by atoms with Crippen molar-refractivity contribution in [3.05, 3.63) is 42.5 Å². The van der Waals surface area contributed by atoms with Crippen LogP contribution in [0.3, 0.4) is 0 Å². The molecule has 0 N–H and O–H groups in total. The Morgan fingerprint density at radius 2 is 1.50 bits per heavy atom. The van der Waals surface area contributed by atoms with Crippen LogP contribution in [0.4, 0.5) is 0 Å². The summed E-state index contributed by atoms with van der Waals surface area (Å²) in [5.74, 6) is 0. The Morgan fingerprint density at radius 1 is 0.833 bits per heavy atom. The van der Waals surface area contributed by atoms with E-state index >= 15 is 0 Å². The van der Waals surface area contributed by atoms with Gasteiger partial charge < -0.3 is 12.4 Å². The van der Waals surface area contributed by atoms with Crippen molar-refractivity contribution in [2.75, 3.05) is 0 Å². The van der Waals surface area contributed by atoms with Gasteiger partial charge in [-0.3, -0.25) is 0 Å². The van der Waals surface area contributed by atoms with E-state index in [9.17, 15) is 0 Å². The maximum absolute atomic E-state index is 2.20. The van der Waals surface area contributed by atoms with Gasteiger partial charge in [0.25, 0.3) is 0 Å². The normalized spacial score (nSPS) is 9.50. The van der Waals surface area contributed by atoms with Crippen molar-refractivity contribution < 1.29 is 30.7 Å². The van der Waals surface area contributed by atoms with E-state index in [2.05, 4.69) is 42.5 Å².